The topological polar surface area (TPSA) is 87.7 Å². The lowest BCUT2D eigenvalue weighted by molar-refractivity contribution is -0.128. The highest BCUT2D eigenvalue weighted by Crippen LogP contribution is 2.28. The second-order valence-corrected chi connectivity index (χ2v) is 5.64. The Morgan fingerprint density at radius 3 is 2.50 bits per heavy atom. The summed E-state index contributed by atoms with van der Waals surface area (Å²) in [6.07, 6.45) is -0.923. The van der Waals surface area contributed by atoms with Crippen molar-refractivity contribution in [2.75, 3.05) is 0 Å². The Hall–Kier alpha value is -2.44. The molecule has 1 atom stereocenters. The Bertz CT molecular complexity index is 767. The molecule has 0 saturated heterocycles. The lowest BCUT2D eigenvalue weighted by atomic mass is 10.2. The van der Waals surface area contributed by atoms with Gasteiger partial charge in [-0.1, -0.05) is 35.3 Å². The molecule has 2 aromatic rings. The number of aromatic hydroxyl groups is 1. The van der Waals surface area contributed by atoms with E-state index in [0.717, 1.165) is 0 Å². The predicted molar refractivity (Wildman–Crippen MR) is 90.3 cm³/mol. The lowest BCUT2D eigenvalue weighted by Crippen LogP contribution is -2.47. The van der Waals surface area contributed by atoms with Gasteiger partial charge in [0.2, 0.25) is 0 Å². The molecule has 0 aliphatic heterocycles. The van der Waals surface area contributed by atoms with Crippen molar-refractivity contribution in [1.29, 1.82) is 0 Å². The van der Waals surface area contributed by atoms with Crippen molar-refractivity contribution in [1.82, 2.24) is 10.9 Å². The van der Waals surface area contributed by atoms with Crippen molar-refractivity contribution in [3.63, 3.8) is 0 Å². The van der Waals surface area contributed by atoms with Gasteiger partial charge >= 0.3 is 0 Å². The molecular weight excluding hydrogens is 355 g/mol. The van der Waals surface area contributed by atoms with Crippen molar-refractivity contribution >= 4 is 35.0 Å². The van der Waals surface area contributed by atoms with Gasteiger partial charge in [-0.05, 0) is 37.3 Å². The molecule has 3 N–H and O–H groups in total. The molecule has 0 heterocycles. The summed E-state index contributed by atoms with van der Waals surface area (Å²) in [4.78, 5) is 23.8. The minimum Gasteiger partial charge on any atom is -0.507 e. The number of halogens is 2. The van der Waals surface area contributed by atoms with Crippen LogP contribution in [0.1, 0.15) is 17.3 Å². The van der Waals surface area contributed by atoms with Gasteiger partial charge in [-0.3, -0.25) is 20.4 Å². The molecule has 0 aromatic heterocycles. The number of hydrogen-bond donors (Lipinski definition) is 3. The molecule has 2 aromatic carbocycles. The normalized spacial score (nSPS) is 11.5. The van der Waals surface area contributed by atoms with Crippen LogP contribution in [0.4, 0.5) is 0 Å². The summed E-state index contributed by atoms with van der Waals surface area (Å²) < 4.78 is 5.42. The van der Waals surface area contributed by atoms with Gasteiger partial charge in [-0.25, -0.2) is 0 Å². The minimum absolute atomic E-state index is 0.0344. The quantitative estimate of drug-likeness (QED) is 0.724. The molecule has 126 valence electrons. The molecule has 0 fully saturated rings. The van der Waals surface area contributed by atoms with Crippen molar-refractivity contribution in [3.8, 4) is 11.5 Å². The van der Waals surface area contributed by atoms with Gasteiger partial charge < -0.3 is 9.84 Å². The zero-order valence-corrected chi connectivity index (χ0v) is 14.1. The lowest BCUT2D eigenvalue weighted by Gasteiger charge is -2.16. The maximum atomic E-state index is 12.0. The average molecular weight is 369 g/mol. The van der Waals surface area contributed by atoms with Crippen LogP contribution in [-0.4, -0.2) is 23.0 Å². The highest BCUT2D eigenvalue weighted by molar-refractivity contribution is 6.35. The zero-order chi connectivity index (χ0) is 17.7. The van der Waals surface area contributed by atoms with E-state index in [9.17, 15) is 14.7 Å². The van der Waals surface area contributed by atoms with E-state index in [1.807, 2.05) is 0 Å². The van der Waals surface area contributed by atoms with Gasteiger partial charge in [-0.2, -0.15) is 0 Å². The van der Waals surface area contributed by atoms with Gasteiger partial charge in [0.15, 0.2) is 6.10 Å². The fourth-order valence-electron chi connectivity index (χ4n) is 1.77. The van der Waals surface area contributed by atoms with Crippen molar-refractivity contribution in [2.45, 2.75) is 13.0 Å². The highest BCUT2D eigenvalue weighted by atomic mass is 35.5. The van der Waals surface area contributed by atoms with E-state index >= 15 is 0 Å². The number of rotatable bonds is 4. The van der Waals surface area contributed by atoms with Gasteiger partial charge in [-0.15, -0.1) is 0 Å². The van der Waals surface area contributed by atoms with E-state index in [1.165, 1.54) is 31.2 Å². The molecule has 6 nitrogen and oxygen atoms in total. The monoisotopic (exact) mass is 368 g/mol. The Kier molecular flexibility index (Phi) is 5.89. The van der Waals surface area contributed by atoms with E-state index in [2.05, 4.69) is 10.9 Å². The summed E-state index contributed by atoms with van der Waals surface area (Å²) in [5.74, 6) is -1.15. The van der Waals surface area contributed by atoms with Crippen LogP contribution in [0.25, 0.3) is 0 Å². The Morgan fingerprint density at radius 1 is 1.12 bits per heavy atom. The summed E-state index contributed by atoms with van der Waals surface area (Å²) in [7, 11) is 0. The number of hydrogen-bond acceptors (Lipinski definition) is 4. The molecule has 0 saturated carbocycles. The molecular formula is C16H14Cl2N2O4. The molecule has 2 rings (SSSR count). The Balaban J connectivity index is 1.92. The highest BCUT2D eigenvalue weighted by Gasteiger charge is 2.18. The van der Waals surface area contributed by atoms with E-state index < -0.39 is 17.9 Å². The second kappa shape index (κ2) is 7.90. The second-order valence-electron chi connectivity index (χ2n) is 4.80. The third kappa shape index (κ3) is 4.53. The first-order chi connectivity index (χ1) is 11.4. The number of benzene rings is 2. The molecule has 8 heteroatoms. The number of para-hydroxylation sites is 1. The fourth-order valence-corrected chi connectivity index (χ4v) is 2.22. The summed E-state index contributed by atoms with van der Waals surface area (Å²) in [5, 5.41) is 10.3. The van der Waals surface area contributed by atoms with Crippen LogP contribution in [0, 0.1) is 0 Å². The minimum atomic E-state index is -0.923. The number of carbonyl (C=O) groups excluding carboxylic acids is 2. The number of ether oxygens (including phenoxy) is 1. The van der Waals surface area contributed by atoms with Crippen LogP contribution < -0.4 is 15.6 Å². The van der Waals surface area contributed by atoms with Crippen LogP contribution in [0.5, 0.6) is 11.5 Å². The Labute approximate surface area is 148 Å². The molecule has 0 bridgehead atoms. The van der Waals surface area contributed by atoms with Crippen LogP contribution in [-0.2, 0) is 4.79 Å². The summed E-state index contributed by atoms with van der Waals surface area (Å²) >= 11 is 11.7. The van der Waals surface area contributed by atoms with Gasteiger partial charge in [0.05, 0.1) is 10.6 Å². The molecule has 0 unspecified atom stereocenters. The summed E-state index contributed by atoms with van der Waals surface area (Å²) in [5.41, 5.74) is 4.45. The molecule has 24 heavy (non-hydrogen) atoms. The first kappa shape index (κ1) is 17.9. The number of nitrogens with one attached hydrogen (secondary N) is 2. The van der Waals surface area contributed by atoms with Crippen molar-refractivity contribution in [3.05, 3.63) is 58.1 Å². The van der Waals surface area contributed by atoms with Crippen LogP contribution in [0.2, 0.25) is 10.0 Å². The largest absolute Gasteiger partial charge is 0.507 e. The molecule has 2 amide bonds. The smallest absolute Gasteiger partial charge is 0.279 e. The van der Waals surface area contributed by atoms with E-state index in [0.29, 0.717) is 5.02 Å². The maximum Gasteiger partial charge on any atom is 0.279 e. The van der Waals surface area contributed by atoms with E-state index in [4.69, 9.17) is 27.9 Å². The van der Waals surface area contributed by atoms with E-state index in [1.54, 1.807) is 18.2 Å². The van der Waals surface area contributed by atoms with E-state index in [-0.39, 0.29) is 22.1 Å². The first-order valence-electron chi connectivity index (χ1n) is 6.88. The number of phenols is 1. The number of hydrazine groups is 1. The van der Waals surface area contributed by atoms with Crippen molar-refractivity contribution < 1.29 is 19.4 Å². The number of amides is 2. The zero-order valence-electron chi connectivity index (χ0n) is 12.5. The predicted octanol–water partition coefficient (Wildman–Crippen LogP) is 2.93. The molecule has 0 radical (unpaired) electrons. The van der Waals surface area contributed by atoms with Crippen LogP contribution >= 0.6 is 23.2 Å². The summed E-state index contributed by atoms with van der Waals surface area (Å²) in [6, 6.07) is 10.6. The molecule has 0 aliphatic carbocycles. The number of carbonyl (C=O) groups is 2. The van der Waals surface area contributed by atoms with Crippen LogP contribution in [0.3, 0.4) is 0 Å². The maximum absolute atomic E-state index is 12.0. The fraction of sp³-hybridized carbons (Fsp3) is 0.125. The Morgan fingerprint density at radius 2 is 1.83 bits per heavy atom. The molecule has 0 aliphatic rings. The third-order valence-corrected chi connectivity index (χ3v) is 3.55. The SMILES string of the molecule is C[C@@H](Oc1ccc(Cl)cc1Cl)C(=O)NNC(=O)c1ccccc1O. The third-order valence-electron chi connectivity index (χ3n) is 3.01. The summed E-state index contributed by atoms with van der Waals surface area (Å²) in [6.45, 7) is 1.49. The van der Waals surface area contributed by atoms with Crippen LogP contribution in [0.15, 0.2) is 42.5 Å². The van der Waals surface area contributed by atoms with Gasteiger partial charge in [0, 0.05) is 5.02 Å². The standard InChI is InChI=1S/C16H14Cl2N2O4/c1-9(24-14-7-6-10(17)8-12(14)18)15(22)19-20-16(23)11-4-2-3-5-13(11)21/h2-9,21H,1H3,(H,19,22)(H,20,23)/t9-/m1/s1. The van der Waals surface area contributed by atoms with Crippen molar-refractivity contribution in [2.24, 2.45) is 0 Å². The number of phenolic OH excluding ortho intramolecular Hbond substituents is 1. The average Bonchev–Trinajstić information content (AvgIpc) is 2.55. The van der Waals surface area contributed by atoms with Gasteiger partial charge in [0.25, 0.3) is 11.8 Å². The first-order valence-corrected chi connectivity index (χ1v) is 7.64. The van der Waals surface area contributed by atoms with Gasteiger partial charge in [0.1, 0.15) is 11.5 Å². The molecule has 0 spiro atoms.